The van der Waals surface area contributed by atoms with Crippen LogP contribution in [0.4, 0.5) is 5.69 Å². The zero-order valence-electron chi connectivity index (χ0n) is 21.2. The Morgan fingerprint density at radius 2 is 1.36 bits per heavy atom. The quantitative estimate of drug-likeness (QED) is 0.221. The number of amides is 1. The van der Waals surface area contributed by atoms with E-state index >= 15 is 0 Å². The summed E-state index contributed by atoms with van der Waals surface area (Å²) in [5.74, 6) is 0.529. The lowest BCUT2D eigenvalue weighted by molar-refractivity contribution is 0.0947. The van der Waals surface area contributed by atoms with Crippen LogP contribution in [0.2, 0.25) is 0 Å². The number of carbonyl (C=O) groups excluding carboxylic acids is 1. The van der Waals surface area contributed by atoms with Crippen molar-refractivity contribution in [1.82, 2.24) is 5.32 Å². The van der Waals surface area contributed by atoms with Crippen molar-refractivity contribution in [3.05, 3.63) is 139 Å². The maximum absolute atomic E-state index is 13.5. The van der Waals surface area contributed by atoms with Crippen molar-refractivity contribution in [3.8, 4) is 5.75 Å². The molecule has 6 nitrogen and oxygen atoms in total. The van der Waals surface area contributed by atoms with Crippen LogP contribution in [-0.4, -0.2) is 27.5 Å². The zero-order chi connectivity index (χ0) is 27.1. The monoisotopic (exact) mass is 536 g/mol. The minimum atomic E-state index is -3.79. The third-order valence-electron chi connectivity index (χ3n) is 6.29. The van der Waals surface area contributed by atoms with Crippen LogP contribution in [0.15, 0.2) is 132 Å². The number of anilines is 1. The van der Waals surface area contributed by atoms with Crippen molar-refractivity contribution in [2.45, 2.75) is 11.4 Å². The molecule has 0 aromatic heterocycles. The van der Waals surface area contributed by atoms with E-state index in [1.54, 1.807) is 78.9 Å². The Bertz CT molecular complexity index is 1660. The molecular formula is C32H28N2O4S. The average molecular weight is 537 g/mol. The van der Waals surface area contributed by atoms with Gasteiger partial charge in [-0.25, -0.2) is 8.42 Å². The first-order chi connectivity index (χ1) is 19.0. The van der Waals surface area contributed by atoms with Crippen molar-refractivity contribution in [3.63, 3.8) is 0 Å². The third kappa shape index (κ3) is 6.27. The molecule has 1 amide bonds. The highest BCUT2D eigenvalue weighted by Gasteiger charge is 2.25. The highest BCUT2D eigenvalue weighted by molar-refractivity contribution is 7.92. The van der Waals surface area contributed by atoms with Crippen LogP contribution in [0, 0.1) is 0 Å². The second-order valence-electron chi connectivity index (χ2n) is 8.97. The molecule has 0 aliphatic heterocycles. The predicted molar refractivity (Wildman–Crippen MR) is 154 cm³/mol. The number of para-hydroxylation sites is 1. The topological polar surface area (TPSA) is 75.7 Å². The minimum Gasteiger partial charge on any atom is -0.492 e. The van der Waals surface area contributed by atoms with Crippen molar-refractivity contribution in [2.75, 3.05) is 17.5 Å². The normalized spacial score (nSPS) is 11.2. The second kappa shape index (κ2) is 11.8. The van der Waals surface area contributed by atoms with Gasteiger partial charge in [0, 0.05) is 5.56 Å². The summed E-state index contributed by atoms with van der Waals surface area (Å²) in [6.07, 6.45) is 0. The van der Waals surface area contributed by atoms with Gasteiger partial charge >= 0.3 is 0 Å². The van der Waals surface area contributed by atoms with E-state index in [4.69, 9.17) is 4.74 Å². The molecule has 39 heavy (non-hydrogen) atoms. The lowest BCUT2D eigenvalue weighted by Crippen LogP contribution is -2.30. The van der Waals surface area contributed by atoms with Crippen LogP contribution in [0.1, 0.15) is 15.9 Å². The van der Waals surface area contributed by atoms with Crippen molar-refractivity contribution < 1.29 is 17.9 Å². The van der Waals surface area contributed by atoms with Crippen LogP contribution in [0.3, 0.4) is 0 Å². The summed E-state index contributed by atoms with van der Waals surface area (Å²) < 4.78 is 34.1. The Morgan fingerprint density at radius 3 is 2.08 bits per heavy atom. The predicted octanol–water partition coefficient (Wildman–Crippen LogP) is 6.04. The summed E-state index contributed by atoms with van der Waals surface area (Å²) in [5, 5.41) is 5.11. The maximum atomic E-state index is 13.5. The smallest absolute Gasteiger partial charge is 0.264 e. The number of nitrogens with zero attached hydrogens (tertiary/aromatic N) is 1. The molecule has 0 heterocycles. The first kappa shape index (κ1) is 26.0. The fourth-order valence-electron chi connectivity index (χ4n) is 4.25. The zero-order valence-corrected chi connectivity index (χ0v) is 22.1. The molecule has 0 aliphatic rings. The van der Waals surface area contributed by atoms with Gasteiger partial charge in [0.15, 0.2) is 0 Å². The lowest BCUT2D eigenvalue weighted by Gasteiger charge is -2.25. The third-order valence-corrected chi connectivity index (χ3v) is 8.08. The van der Waals surface area contributed by atoms with Gasteiger partial charge in [0.25, 0.3) is 15.9 Å². The molecule has 0 unspecified atom stereocenters. The Kier molecular flexibility index (Phi) is 7.89. The number of nitrogens with one attached hydrogen (secondary N) is 1. The van der Waals surface area contributed by atoms with Gasteiger partial charge in [0.1, 0.15) is 12.4 Å². The van der Waals surface area contributed by atoms with Gasteiger partial charge in [-0.1, -0.05) is 78.9 Å². The molecule has 0 bridgehead atoms. The van der Waals surface area contributed by atoms with Crippen LogP contribution >= 0.6 is 0 Å². The molecule has 0 spiro atoms. The molecule has 0 radical (unpaired) electrons. The molecule has 0 saturated heterocycles. The van der Waals surface area contributed by atoms with Gasteiger partial charge in [-0.2, -0.15) is 0 Å². The Hall–Kier alpha value is -4.62. The van der Waals surface area contributed by atoms with E-state index in [-0.39, 0.29) is 17.3 Å². The van der Waals surface area contributed by atoms with Gasteiger partial charge in [-0.15, -0.1) is 0 Å². The molecule has 5 aromatic rings. The van der Waals surface area contributed by atoms with E-state index in [0.29, 0.717) is 24.4 Å². The molecule has 5 aromatic carbocycles. The minimum absolute atomic E-state index is 0.128. The van der Waals surface area contributed by atoms with Gasteiger partial charge < -0.3 is 10.1 Å². The Balaban J connectivity index is 1.21. The van der Waals surface area contributed by atoms with E-state index in [2.05, 4.69) is 5.32 Å². The number of benzene rings is 5. The van der Waals surface area contributed by atoms with Crippen molar-refractivity contribution in [2.24, 2.45) is 0 Å². The first-order valence-electron chi connectivity index (χ1n) is 12.6. The standard InChI is InChI=1S/C32H28N2O4S/c35-32(33-21-22-38-30-20-19-26-9-7-8-10-28(26)23-30)27-17-15-25(16-18-27)24-34(29-11-3-1-4-12-29)39(36,37)31-13-5-2-6-14-31/h1-20,23H,21-22,24H2,(H,33,35). The molecule has 0 fully saturated rings. The number of fused-ring (bicyclic) bond motifs is 1. The number of hydrogen-bond donors (Lipinski definition) is 1. The molecule has 0 aliphatic carbocycles. The van der Waals surface area contributed by atoms with Crippen LogP contribution < -0.4 is 14.4 Å². The number of sulfonamides is 1. The number of ether oxygens (including phenoxy) is 1. The number of rotatable bonds is 10. The number of carbonyl (C=O) groups is 1. The summed E-state index contributed by atoms with van der Waals surface area (Å²) in [7, 11) is -3.79. The SMILES string of the molecule is O=C(NCCOc1ccc2ccccc2c1)c1ccc(CN(c2ccccc2)S(=O)(=O)c2ccccc2)cc1. The fraction of sp³-hybridized carbons (Fsp3) is 0.0938. The van der Waals surface area contributed by atoms with Crippen LogP contribution in [0.5, 0.6) is 5.75 Å². The van der Waals surface area contributed by atoms with E-state index < -0.39 is 10.0 Å². The first-order valence-corrected chi connectivity index (χ1v) is 14.1. The summed E-state index contributed by atoms with van der Waals surface area (Å²) >= 11 is 0. The molecular weight excluding hydrogens is 508 g/mol. The van der Waals surface area contributed by atoms with E-state index in [0.717, 1.165) is 22.1 Å². The summed E-state index contributed by atoms with van der Waals surface area (Å²) in [6.45, 7) is 0.818. The Labute approximate surface area is 228 Å². The van der Waals surface area contributed by atoms with Crippen molar-refractivity contribution >= 4 is 32.4 Å². The maximum Gasteiger partial charge on any atom is 0.264 e. The van der Waals surface area contributed by atoms with E-state index in [9.17, 15) is 13.2 Å². The van der Waals surface area contributed by atoms with E-state index in [1.807, 2.05) is 48.5 Å². The van der Waals surface area contributed by atoms with Gasteiger partial charge in [0.2, 0.25) is 0 Å². The molecule has 0 saturated carbocycles. The highest BCUT2D eigenvalue weighted by Crippen LogP contribution is 2.26. The average Bonchev–Trinajstić information content (AvgIpc) is 2.99. The largest absolute Gasteiger partial charge is 0.492 e. The summed E-state index contributed by atoms with van der Waals surface area (Å²) in [5.41, 5.74) is 1.81. The highest BCUT2D eigenvalue weighted by atomic mass is 32.2. The molecule has 0 atom stereocenters. The van der Waals surface area contributed by atoms with E-state index in [1.165, 1.54) is 4.31 Å². The summed E-state index contributed by atoms with van der Waals surface area (Å²) in [4.78, 5) is 12.9. The lowest BCUT2D eigenvalue weighted by atomic mass is 10.1. The fourth-order valence-corrected chi connectivity index (χ4v) is 5.72. The molecule has 1 N–H and O–H groups in total. The van der Waals surface area contributed by atoms with Gasteiger partial charge in [-0.05, 0) is 64.9 Å². The van der Waals surface area contributed by atoms with Crippen molar-refractivity contribution in [1.29, 1.82) is 0 Å². The molecule has 7 heteroatoms. The van der Waals surface area contributed by atoms with Gasteiger partial charge in [-0.3, -0.25) is 9.10 Å². The summed E-state index contributed by atoms with van der Waals surface area (Å²) in [6, 6.07) is 38.3. The Morgan fingerprint density at radius 1 is 0.718 bits per heavy atom. The second-order valence-corrected chi connectivity index (χ2v) is 10.8. The molecule has 5 rings (SSSR count). The molecule has 196 valence electrons. The number of hydrogen-bond acceptors (Lipinski definition) is 4. The van der Waals surface area contributed by atoms with Crippen LogP contribution in [-0.2, 0) is 16.6 Å². The van der Waals surface area contributed by atoms with Crippen LogP contribution in [0.25, 0.3) is 10.8 Å². The van der Waals surface area contributed by atoms with Gasteiger partial charge in [0.05, 0.1) is 23.7 Å².